The first kappa shape index (κ1) is 13.0. The van der Waals surface area contributed by atoms with E-state index >= 15 is 0 Å². The lowest BCUT2D eigenvalue weighted by Crippen LogP contribution is -2.40. The van der Waals surface area contributed by atoms with Gasteiger partial charge in [0.15, 0.2) is 0 Å². The summed E-state index contributed by atoms with van der Waals surface area (Å²) in [7, 11) is 0. The highest BCUT2D eigenvalue weighted by molar-refractivity contribution is 14.1. The zero-order valence-electron chi connectivity index (χ0n) is 9.99. The van der Waals surface area contributed by atoms with E-state index < -0.39 is 5.60 Å². The van der Waals surface area contributed by atoms with E-state index in [1.165, 1.54) is 6.33 Å². The zero-order chi connectivity index (χ0) is 12.3. The van der Waals surface area contributed by atoms with E-state index in [4.69, 9.17) is 0 Å². The Hall–Kier alpha value is -0.430. The molecule has 2 rings (SSSR count). The van der Waals surface area contributed by atoms with E-state index in [2.05, 4.69) is 44.8 Å². The van der Waals surface area contributed by atoms with E-state index in [1.807, 2.05) is 0 Å². The second kappa shape index (κ2) is 5.48. The third kappa shape index (κ3) is 3.51. The normalized spacial score (nSPS) is 29.0. The van der Waals surface area contributed by atoms with E-state index in [1.54, 1.807) is 6.20 Å². The Kier molecular flexibility index (Phi) is 4.19. The number of rotatable bonds is 3. The predicted molar refractivity (Wildman–Crippen MR) is 75.8 cm³/mol. The average Bonchev–Trinajstić information content (AvgIpc) is 2.33. The molecule has 1 aromatic heterocycles. The van der Waals surface area contributed by atoms with Gasteiger partial charge in [-0.05, 0) is 54.2 Å². The third-order valence-corrected chi connectivity index (χ3v) is 4.25. The van der Waals surface area contributed by atoms with Gasteiger partial charge in [0.05, 0.1) is 9.17 Å². The maximum absolute atomic E-state index is 10.4. The maximum atomic E-state index is 10.4. The van der Waals surface area contributed by atoms with Gasteiger partial charge in [0.2, 0.25) is 0 Å². The van der Waals surface area contributed by atoms with Crippen molar-refractivity contribution in [3.05, 3.63) is 16.1 Å². The van der Waals surface area contributed by atoms with Crippen molar-refractivity contribution in [1.82, 2.24) is 9.97 Å². The van der Waals surface area contributed by atoms with Gasteiger partial charge in [0.1, 0.15) is 12.1 Å². The van der Waals surface area contributed by atoms with Crippen LogP contribution in [0.1, 0.15) is 32.6 Å². The van der Waals surface area contributed by atoms with Gasteiger partial charge in [0.25, 0.3) is 0 Å². The molecule has 0 unspecified atom stereocenters. The van der Waals surface area contributed by atoms with Gasteiger partial charge >= 0.3 is 0 Å². The molecule has 1 heterocycles. The maximum Gasteiger partial charge on any atom is 0.142 e. The first-order chi connectivity index (χ1) is 8.09. The molecule has 0 atom stereocenters. The Bertz CT molecular complexity index is 378. The Morgan fingerprint density at radius 3 is 2.88 bits per heavy atom. The van der Waals surface area contributed by atoms with Crippen LogP contribution in [0.3, 0.4) is 0 Å². The molecular formula is C12H18IN3O. The number of hydrogen-bond donors (Lipinski definition) is 2. The number of nitrogens with zero attached hydrogens (tertiary/aromatic N) is 2. The fourth-order valence-electron chi connectivity index (χ4n) is 2.17. The van der Waals surface area contributed by atoms with Gasteiger partial charge in [-0.1, -0.05) is 6.92 Å². The fourth-order valence-corrected chi connectivity index (χ4v) is 2.66. The summed E-state index contributed by atoms with van der Waals surface area (Å²) in [5.74, 6) is 1.56. The van der Waals surface area contributed by atoms with Crippen LogP contribution in [0.5, 0.6) is 0 Å². The van der Waals surface area contributed by atoms with Crippen LogP contribution in [0.4, 0.5) is 5.82 Å². The molecule has 1 fully saturated rings. The number of hydrogen-bond acceptors (Lipinski definition) is 4. The quantitative estimate of drug-likeness (QED) is 0.825. The summed E-state index contributed by atoms with van der Waals surface area (Å²) in [5, 5.41) is 13.7. The van der Waals surface area contributed by atoms with Gasteiger partial charge in [0, 0.05) is 12.7 Å². The molecule has 1 saturated carbocycles. The topological polar surface area (TPSA) is 58.0 Å². The van der Waals surface area contributed by atoms with Crippen molar-refractivity contribution in [2.75, 3.05) is 11.9 Å². The van der Waals surface area contributed by atoms with Crippen LogP contribution >= 0.6 is 22.6 Å². The number of aromatic nitrogens is 2. The highest BCUT2D eigenvalue weighted by Crippen LogP contribution is 2.32. The average molecular weight is 347 g/mol. The molecule has 5 heteroatoms. The van der Waals surface area contributed by atoms with Crippen LogP contribution in [0, 0.1) is 9.49 Å². The lowest BCUT2D eigenvalue weighted by molar-refractivity contribution is 0.00493. The van der Waals surface area contributed by atoms with Gasteiger partial charge in [-0.2, -0.15) is 0 Å². The van der Waals surface area contributed by atoms with Gasteiger partial charge in [-0.25, -0.2) is 9.97 Å². The van der Waals surface area contributed by atoms with Crippen LogP contribution in [0.25, 0.3) is 0 Å². The molecule has 0 aromatic carbocycles. The minimum absolute atomic E-state index is 0.569. The zero-order valence-corrected chi connectivity index (χ0v) is 12.1. The van der Waals surface area contributed by atoms with Crippen molar-refractivity contribution in [3.8, 4) is 0 Å². The first-order valence-corrected chi connectivity index (χ1v) is 7.09. The van der Waals surface area contributed by atoms with Crippen LogP contribution in [0.2, 0.25) is 0 Å². The van der Waals surface area contributed by atoms with Crippen LogP contribution in [0.15, 0.2) is 12.5 Å². The summed E-state index contributed by atoms with van der Waals surface area (Å²) < 4.78 is 0.984. The molecule has 1 aromatic rings. The molecule has 1 aliphatic carbocycles. The van der Waals surface area contributed by atoms with E-state index in [9.17, 15) is 5.11 Å². The molecule has 0 saturated heterocycles. The SMILES string of the molecule is CC1CCC(O)(CNc2ncncc2I)CC1. The Balaban J connectivity index is 1.92. The number of aliphatic hydroxyl groups is 1. The molecular weight excluding hydrogens is 329 g/mol. The summed E-state index contributed by atoms with van der Waals surface area (Å²) in [6, 6.07) is 0. The predicted octanol–water partition coefficient (Wildman–Crippen LogP) is 2.43. The van der Waals surface area contributed by atoms with Gasteiger partial charge < -0.3 is 10.4 Å². The second-order valence-corrected chi connectivity index (χ2v) is 6.14. The first-order valence-electron chi connectivity index (χ1n) is 6.01. The van der Waals surface area contributed by atoms with E-state index in [-0.39, 0.29) is 0 Å². The van der Waals surface area contributed by atoms with Crippen molar-refractivity contribution in [2.24, 2.45) is 5.92 Å². The highest BCUT2D eigenvalue weighted by Gasteiger charge is 2.31. The summed E-state index contributed by atoms with van der Waals surface area (Å²) in [5.41, 5.74) is -0.569. The van der Waals surface area contributed by atoms with E-state index in [0.29, 0.717) is 6.54 Å². The van der Waals surface area contributed by atoms with Crippen LogP contribution in [-0.4, -0.2) is 27.2 Å². The third-order valence-electron chi connectivity index (χ3n) is 3.46. The molecule has 0 amide bonds. The smallest absolute Gasteiger partial charge is 0.142 e. The molecule has 1 aliphatic rings. The van der Waals surface area contributed by atoms with Crippen LogP contribution in [-0.2, 0) is 0 Å². The van der Waals surface area contributed by atoms with Crippen molar-refractivity contribution in [3.63, 3.8) is 0 Å². The molecule has 2 N–H and O–H groups in total. The van der Waals surface area contributed by atoms with Crippen molar-refractivity contribution >= 4 is 28.4 Å². The standard InChI is InChI=1S/C12H18IN3O/c1-9-2-4-12(17,5-3-9)7-15-11-10(13)6-14-8-16-11/h6,8-9,17H,2-5,7H2,1H3,(H,14,15,16). The van der Waals surface area contributed by atoms with Gasteiger partial charge in [-0.15, -0.1) is 0 Å². The van der Waals surface area contributed by atoms with Crippen molar-refractivity contribution in [2.45, 2.75) is 38.2 Å². The lowest BCUT2D eigenvalue weighted by atomic mass is 9.79. The van der Waals surface area contributed by atoms with Crippen LogP contribution < -0.4 is 5.32 Å². The molecule has 94 valence electrons. The summed E-state index contributed by atoms with van der Waals surface area (Å²) in [6.07, 6.45) is 7.27. The minimum atomic E-state index is -0.569. The second-order valence-electron chi connectivity index (χ2n) is 4.98. The highest BCUT2D eigenvalue weighted by atomic mass is 127. The number of halogens is 1. The minimum Gasteiger partial charge on any atom is -0.388 e. The van der Waals surface area contributed by atoms with Gasteiger partial charge in [-0.3, -0.25) is 0 Å². The van der Waals surface area contributed by atoms with E-state index in [0.717, 1.165) is 41.0 Å². The molecule has 4 nitrogen and oxygen atoms in total. The summed E-state index contributed by atoms with van der Waals surface area (Å²) >= 11 is 2.19. The Morgan fingerprint density at radius 2 is 2.24 bits per heavy atom. The molecule has 0 aliphatic heterocycles. The monoisotopic (exact) mass is 347 g/mol. The largest absolute Gasteiger partial charge is 0.388 e. The summed E-state index contributed by atoms with van der Waals surface area (Å²) in [4.78, 5) is 8.11. The van der Waals surface area contributed by atoms with Crippen molar-refractivity contribution < 1.29 is 5.11 Å². The molecule has 0 radical (unpaired) electrons. The van der Waals surface area contributed by atoms with Crippen molar-refractivity contribution in [1.29, 1.82) is 0 Å². The summed E-state index contributed by atoms with van der Waals surface area (Å²) in [6.45, 7) is 2.83. The molecule has 17 heavy (non-hydrogen) atoms. The Labute approximate surface area is 115 Å². The number of anilines is 1. The fraction of sp³-hybridized carbons (Fsp3) is 0.667. The molecule has 0 bridgehead atoms. The Morgan fingerprint density at radius 1 is 1.53 bits per heavy atom. The number of nitrogens with one attached hydrogen (secondary N) is 1. The molecule has 0 spiro atoms. The lowest BCUT2D eigenvalue weighted by Gasteiger charge is -2.35.